The van der Waals surface area contributed by atoms with Crippen LogP contribution in [0.1, 0.15) is 23.7 Å². The van der Waals surface area contributed by atoms with Crippen LogP contribution >= 0.6 is 0 Å². The number of benzene rings is 1. The van der Waals surface area contributed by atoms with Crippen LogP contribution < -0.4 is 14.4 Å². The molecule has 2 aromatic heterocycles. The summed E-state index contributed by atoms with van der Waals surface area (Å²) in [6, 6.07) is 12.0. The van der Waals surface area contributed by atoms with E-state index in [1.54, 1.807) is 20.4 Å². The molecule has 0 saturated carbocycles. The fourth-order valence-corrected chi connectivity index (χ4v) is 3.51. The van der Waals surface area contributed by atoms with Crippen LogP contribution in [-0.4, -0.2) is 35.7 Å². The van der Waals surface area contributed by atoms with Crippen molar-refractivity contribution in [1.82, 2.24) is 15.0 Å². The molecule has 3 heterocycles. The lowest BCUT2D eigenvalue weighted by Gasteiger charge is -2.31. The second kappa shape index (κ2) is 7.84. The van der Waals surface area contributed by atoms with Gasteiger partial charge in [-0.15, -0.1) is 0 Å². The normalized spacial score (nSPS) is 13.2. The van der Waals surface area contributed by atoms with Gasteiger partial charge < -0.3 is 14.4 Å². The smallest absolute Gasteiger partial charge is 0.180 e. The molecule has 144 valence electrons. The van der Waals surface area contributed by atoms with Gasteiger partial charge in [-0.25, -0.2) is 9.97 Å². The lowest BCUT2D eigenvalue weighted by Crippen LogP contribution is -2.31. The monoisotopic (exact) mass is 376 g/mol. The number of hydrogen-bond acceptors (Lipinski definition) is 6. The predicted octanol–water partition coefficient (Wildman–Crippen LogP) is 3.68. The van der Waals surface area contributed by atoms with Gasteiger partial charge in [0.05, 0.1) is 14.2 Å². The van der Waals surface area contributed by atoms with Crippen LogP contribution in [0.25, 0.3) is 11.5 Å². The highest BCUT2D eigenvalue weighted by atomic mass is 16.5. The molecule has 6 nitrogen and oxygen atoms in total. The molecule has 0 bridgehead atoms. The average Bonchev–Trinajstić information content (AvgIpc) is 2.77. The summed E-state index contributed by atoms with van der Waals surface area (Å²) in [6.45, 7) is 3.78. The van der Waals surface area contributed by atoms with E-state index in [0.717, 1.165) is 54.6 Å². The Morgan fingerprint density at radius 1 is 1.00 bits per heavy atom. The molecule has 4 rings (SSSR count). The number of pyridine rings is 1. The zero-order valence-corrected chi connectivity index (χ0v) is 16.5. The van der Waals surface area contributed by atoms with Gasteiger partial charge in [-0.2, -0.15) is 0 Å². The zero-order valence-electron chi connectivity index (χ0n) is 16.5. The number of aromatic nitrogens is 3. The second-order valence-electron chi connectivity index (χ2n) is 6.76. The molecule has 1 aliphatic heterocycles. The van der Waals surface area contributed by atoms with Crippen molar-refractivity contribution in [1.29, 1.82) is 0 Å². The molecule has 0 saturated heterocycles. The van der Waals surface area contributed by atoms with Crippen molar-refractivity contribution in [3.8, 4) is 23.0 Å². The summed E-state index contributed by atoms with van der Waals surface area (Å²) >= 11 is 0. The van der Waals surface area contributed by atoms with E-state index in [-0.39, 0.29) is 0 Å². The highest BCUT2D eigenvalue weighted by Crippen LogP contribution is 2.34. The average molecular weight is 376 g/mol. The minimum atomic E-state index is 0.674. The molecule has 0 radical (unpaired) electrons. The summed E-state index contributed by atoms with van der Waals surface area (Å²) < 4.78 is 10.9. The molecule has 0 spiro atoms. The quantitative estimate of drug-likeness (QED) is 0.677. The molecular weight excluding hydrogens is 352 g/mol. The van der Waals surface area contributed by atoms with Crippen LogP contribution in [0.15, 0.2) is 42.6 Å². The SMILES string of the molecule is CCc1cc(N2CCc3cc(OC)c(OC)cc3C2)nc(-c2ccccn2)n1. The van der Waals surface area contributed by atoms with E-state index in [0.29, 0.717) is 5.82 Å². The van der Waals surface area contributed by atoms with E-state index in [9.17, 15) is 0 Å². The Labute approximate surface area is 165 Å². The van der Waals surface area contributed by atoms with Gasteiger partial charge >= 0.3 is 0 Å². The molecule has 1 aliphatic rings. The van der Waals surface area contributed by atoms with E-state index in [4.69, 9.17) is 14.5 Å². The molecule has 6 heteroatoms. The lowest BCUT2D eigenvalue weighted by atomic mass is 9.98. The first-order valence-corrected chi connectivity index (χ1v) is 9.50. The molecule has 3 aromatic rings. The van der Waals surface area contributed by atoms with Crippen LogP contribution in [0.4, 0.5) is 5.82 Å². The van der Waals surface area contributed by atoms with E-state index >= 15 is 0 Å². The third-order valence-corrected chi connectivity index (χ3v) is 5.06. The highest BCUT2D eigenvalue weighted by Gasteiger charge is 2.21. The Morgan fingerprint density at radius 2 is 1.79 bits per heavy atom. The topological polar surface area (TPSA) is 60.4 Å². The minimum Gasteiger partial charge on any atom is -0.493 e. The Hall–Kier alpha value is -3.15. The number of aryl methyl sites for hydroxylation is 1. The van der Waals surface area contributed by atoms with Crippen LogP contribution in [0.3, 0.4) is 0 Å². The summed E-state index contributed by atoms with van der Waals surface area (Å²) in [5, 5.41) is 0. The fourth-order valence-electron chi connectivity index (χ4n) is 3.51. The molecule has 0 amide bonds. The Balaban J connectivity index is 1.69. The number of anilines is 1. The first kappa shape index (κ1) is 18.2. The van der Waals surface area contributed by atoms with Crippen molar-refractivity contribution in [2.24, 2.45) is 0 Å². The molecule has 0 N–H and O–H groups in total. The van der Waals surface area contributed by atoms with Crippen molar-refractivity contribution in [3.63, 3.8) is 0 Å². The Bertz CT molecular complexity index is 976. The van der Waals surface area contributed by atoms with E-state index in [2.05, 4.69) is 40.0 Å². The van der Waals surface area contributed by atoms with Gasteiger partial charge in [-0.1, -0.05) is 13.0 Å². The molecule has 0 fully saturated rings. The van der Waals surface area contributed by atoms with Gasteiger partial charge in [-0.05, 0) is 48.2 Å². The number of ether oxygens (including phenoxy) is 2. The highest BCUT2D eigenvalue weighted by molar-refractivity contribution is 5.56. The number of methoxy groups -OCH3 is 2. The standard InChI is InChI=1S/C22H24N4O2/c1-4-17-13-21(25-22(24-17)18-7-5-6-9-23-18)26-10-8-15-11-19(27-2)20(28-3)12-16(15)14-26/h5-7,9,11-13H,4,8,10,14H2,1-3H3. The Morgan fingerprint density at radius 3 is 2.46 bits per heavy atom. The van der Waals surface area contributed by atoms with Gasteiger partial charge in [0.15, 0.2) is 17.3 Å². The molecular formula is C22H24N4O2. The van der Waals surface area contributed by atoms with Crippen LogP contribution in [-0.2, 0) is 19.4 Å². The maximum atomic E-state index is 5.48. The maximum absolute atomic E-state index is 5.48. The van der Waals surface area contributed by atoms with E-state index in [1.807, 2.05) is 18.2 Å². The molecule has 1 aromatic carbocycles. The van der Waals surface area contributed by atoms with Gasteiger partial charge in [-0.3, -0.25) is 4.98 Å². The number of hydrogen-bond donors (Lipinski definition) is 0. The molecule has 0 aliphatic carbocycles. The number of rotatable bonds is 5. The summed E-state index contributed by atoms with van der Waals surface area (Å²) in [7, 11) is 3.34. The number of nitrogens with zero attached hydrogens (tertiary/aromatic N) is 4. The van der Waals surface area contributed by atoms with Gasteiger partial charge in [0.1, 0.15) is 11.5 Å². The van der Waals surface area contributed by atoms with Crippen LogP contribution in [0.5, 0.6) is 11.5 Å². The van der Waals surface area contributed by atoms with Crippen LogP contribution in [0, 0.1) is 0 Å². The first-order chi connectivity index (χ1) is 13.7. The van der Waals surface area contributed by atoms with E-state index < -0.39 is 0 Å². The van der Waals surface area contributed by atoms with Gasteiger partial charge in [0.2, 0.25) is 0 Å². The van der Waals surface area contributed by atoms with Crippen molar-refractivity contribution < 1.29 is 9.47 Å². The zero-order chi connectivity index (χ0) is 19.5. The van der Waals surface area contributed by atoms with Crippen molar-refractivity contribution in [2.75, 3.05) is 25.7 Å². The number of fused-ring (bicyclic) bond motifs is 1. The fraction of sp³-hybridized carbons (Fsp3) is 0.318. The summed E-state index contributed by atoms with van der Waals surface area (Å²) in [5.74, 6) is 3.15. The van der Waals surface area contributed by atoms with Crippen molar-refractivity contribution in [2.45, 2.75) is 26.3 Å². The summed E-state index contributed by atoms with van der Waals surface area (Å²) in [5.41, 5.74) is 4.34. The molecule has 28 heavy (non-hydrogen) atoms. The summed E-state index contributed by atoms with van der Waals surface area (Å²) in [6.07, 6.45) is 3.55. The van der Waals surface area contributed by atoms with Crippen molar-refractivity contribution in [3.05, 3.63) is 59.4 Å². The summed E-state index contributed by atoms with van der Waals surface area (Å²) in [4.78, 5) is 16.2. The second-order valence-corrected chi connectivity index (χ2v) is 6.76. The largest absolute Gasteiger partial charge is 0.493 e. The maximum Gasteiger partial charge on any atom is 0.180 e. The molecule has 0 unspecified atom stereocenters. The minimum absolute atomic E-state index is 0.674. The lowest BCUT2D eigenvalue weighted by molar-refractivity contribution is 0.353. The Kier molecular flexibility index (Phi) is 5.10. The van der Waals surface area contributed by atoms with E-state index in [1.165, 1.54) is 11.1 Å². The van der Waals surface area contributed by atoms with Crippen molar-refractivity contribution >= 4 is 5.82 Å². The first-order valence-electron chi connectivity index (χ1n) is 9.50. The third kappa shape index (κ3) is 3.50. The van der Waals surface area contributed by atoms with Crippen LogP contribution in [0.2, 0.25) is 0 Å². The third-order valence-electron chi connectivity index (χ3n) is 5.06. The predicted molar refractivity (Wildman–Crippen MR) is 109 cm³/mol. The van der Waals surface area contributed by atoms with Gasteiger partial charge in [0.25, 0.3) is 0 Å². The molecule has 0 atom stereocenters. The van der Waals surface area contributed by atoms with Gasteiger partial charge in [0, 0.05) is 31.0 Å².